The lowest BCUT2D eigenvalue weighted by molar-refractivity contribution is -0.201. The third kappa shape index (κ3) is 4.43. The Morgan fingerprint density at radius 3 is 2.68 bits per heavy atom. The van der Waals surface area contributed by atoms with Crippen molar-refractivity contribution in [3.05, 3.63) is 29.3 Å². The van der Waals surface area contributed by atoms with Gasteiger partial charge < -0.3 is 15.2 Å². The zero-order chi connectivity index (χ0) is 14.5. The molecular weight excluding hydrogens is 261 g/mol. The first-order valence-electron chi connectivity index (χ1n) is 5.41. The van der Waals surface area contributed by atoms with Crippen LogP contribution in [0.15, 0.2) is 18.2 Å². The van der Waals surface area contributed by atoms with Crippen molar-refractivity contribution < 1.29 is 23.0 Å². The third-order valence-corrected chi connectivity index (χ3v) is 2.43. The third-order valence-electron chi connectivity index (χ3n) is 2.43. The molecule has 2 N–H and O–H groups in total. The Morgan fingerprint density at radius 1 is 1.47 bits per heavy atom. The van der Waals surface area contributed by atoms with E-state index in [0.717, 1.165) is 0 Å². The Balaban J connectivity index is 2.58. The number of hydrogen-bond donors (Lipinski definition) is 2. The van der Waals surface area contributed by atoms with E-state index in [-0.39, 0.29) is 6.54 Å². The summed E-state index contributed by atoms with van der Waals surface area (Å²) in [4.78, 5) is 0. The van der Waals surface area contributed by atoms with Crippen molar-refractivity contribution in [1.82, 2.24) is 5.32 Å². The number of aliphatic hydroxyl groups is 1. The number of aliphatic hydroxyl groups excluding tert-OH is 1. The van der Waals surface area contributed by atoms with E-state index in [9.17, 15) is 13.2 Å². The van der Waals surface area contributed by atoms with Crippen LogP contribution in [0.1, 0.15) is 11.1 Å². The highest BCUT2D eigenvalue weighted by Crippen LogP contribution is 2.20. The molecule has 1 aromatic carbocycles. The van der Waals surface area contributed by atoms with Crippen molar-refractivity contribution in [2.75, 3.05) is 13.7 Å². The number of methoxy groups -OCH3 is 1. The van der Waals surface area contributed by atoms with E-state index in [1.54, 1.807) is 12.1 Å². The number of nitrogens with zero attached hydrogens (tertiary/aromatic N) is 1. The molecule has 1 unspecified atom stereocenters. The number of alkyl halides is 3. The Labute approximate surface area is 108 Å². The number of halogens is 3. The molecule has 19 heavy (non-hydrogen) atoms. The van der Waals surface area contributed by atoms with Gasteiger partial charge in [0, 0.05) is 13.1 Å². The molecule has 1 aromatic rings. The van der Waals surface area contributed by atoms with Crippen LogP contribution in [0.25, 0.3) is 0 Å². The number of benzene rings is 1. The van der Waals surface area contributed by atoms with E-state index < -0.39 is 18.8 Å². The first-order chi connectivity index (χ1) is 8.88. The molecular formula is C12H13F3N2O2. The SMILES string of the molecule is COc1ccc(CNCC(O)C(F)(F)F)cc1C#N. The number of nitrogens with one attached hydrogen (secondary N) is 1. The van der Waals surface area contributed by atoms with Gasteiger partial charge in [0.05, 0.1) is 12.7 Å². The summed E-state index contributed by atoms with van der Waals surface area (Å²) < 4.78 is 41.1. The van der Waals surface area contributed by atoms with Crippen LogP contribution in [-0.2, 0) is 6.54 Å². The normalized spacial score (nSPS) is 12.8. The highest BCUT2D eigenvalue weighted by atomic mass is 19.4. The quantitative estimate of drug-likeness (QED) is 0.855. The molecule has 0 radical (unpaired) electrons. The fourth-order valence-corrected chi connectivity index (χ4v) is 1.42. The van der Waals surface area contributed by atoms with Gasteiger partial charge in [-0.3, -0.25) is 0 Å². The first-order valence-corrected chi connectivity index (χ1v) is 5.41. The van der Waals surface area contributed by atoms with Gasteiger partial charge in [0.1, 0.15) is 11.8 Å². The molecule has 0 spiro atoms. The van der Waals surface area contributed by atoms with Gasteiger partial charge in [-0.15, -0.1) is 0 Å². The average Bonchev–Trinajstić information content (AvgIpc) is 2.37. The second-order valence-corrected chi connectivity index (χ2v) is 3.83. The van der Waals surface area contributed by atoms with Crippen LogP contribution in [0, 0.1) is 11.3 Å². The van der Waals surface area contributed by atoms with Crippen LogP contribution < -0.4 is 10.1 Å². The van der Waals surface area contributed by atoms with Gasteiger partial charge >= 0.3 is 6.18 Å². The van der Waals surface area contributed by atoms with E-state index in [1.165, 1.54) is 13.2 Å². The smallest absolute Gasteiger partial charge is 0.415 e. The van der Waals surface area contributed by atoms with Crippen molar-refractivity contribution in [3.63, 3.8) is 0 Å². The maximum atomic E-state index is 12.0. The fourth-order valence-electron chi connectivity index (χ4n) is 1.42. The Kier molecular flexibility index (Phi) is 5.15. The monoisotopic (exact) mass is 274 g/mol. The van der Waals surface area contributed by atoms with Gasteiger partial charge in [-0.1, -0.05) is 6.07 Å². The zero-order valence-electron chi connectivity index (χ0n) is 10.2. The summed E-state index contributed by atoms with van der Waals surface area (Å²) in [7, 11) is 1.42. The Morgan fingerprint density at radius 2 is 2.16 bits per heavy atom. The predicted molar refractivity (Wildman–Crippen MR) is 61.5 cm³/mol. The zero-order valence-corrected chi connectivity index (χ0v) is 10.2. The number of rotatable bonds is 5. The van der Waals surface area contributed by atoms with Crippen LogP contribution >= 0.6 is 0 Å². The van der Waals surface area contributed by atoms with Gasteiger partial charge in [0.2, 0.25) is 0 Å². The summed E-state index contributed by atoms with van der Waals surface area (Å²) >= 11 is 0. The molecule has 0 saturated carbocycles. The number of hydrogen-bond acceptors (Lipinski definition) is 4. The standard InChI is InChI=1S/C12H13F3N2O2/c1-19-10-3-2-8(4-9(10)5-16)6-17-7-11(18)12(13,14)15/h2-4,11,17-18H,6-7H2,1H3. The second kappa shape index (κ2) is 6.41. The summed E-state index contributed by atoms with van der Waals surface area (Å²) in [6.07, 6.45) is -7.04. The topological polar surface area (TPSA) is 65.3 Å². The van der Waals surface area contributed by atoms with E-state index in [2.05, 4.69) is 5.32 Å². The molecule has 104 valence electrons. The summed E-state index contributed by atoms with van der Waals surface area (Å²) in [5.74, 6) is 0.404. The first kappa shape index (κ1) is 15.3. The summed E-state index contributed by atoms with van der Waals surface area (Å²) in [5.41, 5.74) is 0.935. The molecule has 1 atom stereocenters. The highest BCUT2D eigenvalue weighted by molar-refractivity contribution is 5.45. The van der Waals surface area contributed by atoms with Gasteiger partial charge in [-0.05, 0) is 17.7 Å². The van der Waals surface area contributed by atoms with Crippen molar-refractivity contribution in [2.45, 2.75) is 18.8 Å². The van der Waals surface area contributed by atoms with Crippen LogP contribution in [0.5, 0.6) is 5.75 Å². The molecule has 4 nitrogen and oxygen atoms in total. The van der Waals surface area contributed by atoms with E-state index in [0.29, 0.717) is 16.9 Å². The molecule has 0 amide bonds. The van der Waals surface area contributed by atoms with Crippen molar-refractivity contribution in [2.24, 2.45) is 0 Å². The van der Waals surface area contributed by atoms with Gasteiger partial charge in [-0.25, -0.2) is 0 Å². The van der Waals surface area contributed by atoms with E-state index >= 15 is 0 Å². The summed E-state index contributed by atoms with van der Waals surface area (Å²) in [6.45, 7) is -0.483. The van der Waals surface area contributed by atoms with Crippen molar-refractivity contribution in [3.8, 4) is 11.8 Å². The molecule has 0 aromatic heterocycles. The van der Waals surface area contributed by atoms with Crippen molar-refractivity contribution in [1.29, 1.82) is 5.26 Å². The molecule has 7 heteroatoms. The minimum absolute atomic E-state index is 0.117. The predicted octanol–water partition coefficient (Wildman–Crippen LogP) is 1.58. The Hall–Kier alpha value is -1.78. The number of nitriles is 1. The van der Waals surface area contributed by atoms with Crippen LogP contribution in [0.2, 0.25) is 0 Å². The molecule has 0 saturated heterocycles. The lowest BCUT2D eigenvalue weighted by Gasteiger charge is -2.15. The molecule has 0 bridgehead atoms. The molecule has 1 rings (SSSR count). The van der Waals surface area contributed by atoms with Crippen LogP contribution in [0.3, 0.4) is 0 Å². The molecule has 0 aliphatic carbocycles. The average molecular weight is 274 g/mol. The second-order valence-electron chi connectivity index (χ2n) is 3.83. The fraction of sp³-hybridized carbons (Fsp3) is 0.417. The molecule has 0 aliphatic heterocycles. The minimum Gasteiger partial charge on any atom is -0.495 e. The van der Waals surface area contributed by atoms with Crippen LogP contribution in [0.4, 0.5) is 13.2 Å². The van der Waals surface area contributed by atoms with Gasteiger partial charge in [0.25, 0.3) is 0 Å². The van der Waals surface area contributed by atoms with E-state index in [4.69, 9.17) is 15.1 Å². The number of ether oxygens (including phenoxy) is 1. The maximum Gasteiger partial charge on any atom is 0.415 e. The van der Waals surface area contributed by atoms with Gasteiger partial charge in [0.15, 0.2) is 6.10 Å². The largest absolute Gasteiger partial charge is 0.495 e. The molecule has 0 heterocycles. The molecule has 0 fully saturated rings. The van der Waals surface area contributed by atoms with Gasteiger partial charge in [-0.2, -0.15) is 18.4 Å². The lowest BCUT2D eigenvalue weighted by Crippen LogP contribution is -2.38. The lowest BCUT2D eigenvalue weighted by atomic mass is 10.1. The molecule has 0 aliphatic rings. The maximum absolute atomic E-state index is 12.0. The summed E-state index contributed by atoms with van der Waals surface area (Å²) in [6, 6.07) is 6.64. The van der Waals surface area contributed by atoms with E-state index in [1.807, 2.05) is 6.07 Å². The Bertz CT molecular complexity index is 469. The summed E-state index contributed by atoms with van der Waals surface area (Å²) in [5, 5.41) is 20.1. The minimum atomic E-state index is -4.63. The van der Waals surface area contributed by atoms with Crippen LogP contribution in [-0.4, -0.2) is 31.0 Å². The highest BCUT2D eigenvalue weighted by Gasteiger charge is 2.37. The van der Waals surface area contributed by atoms with Crippen molar-refractivity contribution >= 4 is 0 Å².